The third-order valence-electron chi connectivity index (χ3n) is 3.21. The second-order valence-corrected chi connectivity index (χ2v) is 4.99. The van der Waals surface area contributed by atoms with Crippen LogP contribution in [0, 0.1) is 0 Å². The van der Waals surface area contributed by atoms with E-state index in [1.165, 1.54) is 17.8 Å². The van der Waals surface area contributed by atoms with Crippen molar-refractivity contribution in [3.63, 3.8) is 0 Å². The van der Waals surface area contributed by atoms with E-state index >= 15 is 0 Å². The molecule has 1 unspecified atom stereocenters. The molecule has 114 valence electrons. The van der Waals surface area contributed by atoms with Crippen molar-refractivity contribution in [3.05, 3.63) is 22.5 Å². The number of imidazole rings is 1. The molecule has 2 heterocycles. The normalized spacial score (nSPS) is 12.5. The van der Waals surface area contributed by atoms with Gasteiger partial charge in [-0.3, -0.25) is 0 Å². The number of hydrogen-bond acceptors (Lipinski definition) is 6. The predicted octanol–water partition coefficient (Wildman–Crippen LogP) is 0.949. The molecule has 0 aliphatic rings. The Morgan fingerprint density at radius 2 is 2.19 bits per heavy atom. The molecule has 0 saturated heterocycles. The number of aryl methyl sites for hydroxylation is 1. The Kier molecular flexibility index (Phi) is 4.66. The van der Waals surface area contributed by atoms with E-state index in [1.807, 2.05) is 6.92 Å². The highest BCUT2D eigenvalue weighted by molar-refractivity contribution is 5.93. The van der Waals surface area contributed by atoms with Gasteiger partial charge in [0.05, 0.1) is 6.10 Å². The van der Waals surface area contributed by atoms with E-state index < -0.39 is 11.7 Å². The summed E-state index contributed by atoms with van der Waals surface area (Å²) in [5.74, 6) is -0.580. The monoisotopic (exact) mass is 293 g/mol. The summed E-state index contributed by atoms with van der Waals surface area (Å²) < 4.78 is 7.57. The zero-order valence-corrected chi connectivity index (χ0v) is 12.4. The lowest BCUT2D eigenvalue weighted by atomic mass is 10.1. The van der Waals surface area contributed by atoms with Crippen molar-refractivity contribution in [3.8, 4) is 0 Å². The van der Waals surface area contributed by atoms with Gasteiger partial charge in [-0.1, -0.05) is 25.0 Å². The van der Waals surface area contributed by atoms with Crippen LogP contribution in [0.25, 0.3) is 5.65 Å². The topological polar surface area (TPSA) is 91.4 Å². The lowest BCUT2D eigenvalue weighted by molar-refractivity contribution is 0.0315. The summed E-state index contributed by atoms with van der Waals surface area (Å²) in [6.07, 6.45) is 5.10. The molecule has 0 aromatic carbocycles. The van der Waals surface area contributed by atoms with Crippen molar-refractivity contribution in [2.75, 3.05) is 0 Å². The Morgan fingerprint density at radius 3 is 2.90 bits per heavy atom. The quantitative estimate of drug-likeness (QED) is 0.581. The first-order chi connectivity index (χ1) is 10.0. The van der Waals surface area contributed by atoms with Crippen LogP contribution in [0.1, 0.15) is 50.0 Å². The molecule has 21 heavy (non-hydrogen) atoms. The second-order valence-electron chi connectivity index (χ2n) is 4.99. The molecule has 0 spiro atoms. The van der Waals surface area contributed by atoms with Gasteiger partial charge in [0.1, 0.15) is 6.33 Å². The highest BCUT2D eigenvalue weighted by atomic mass is 16.5. The fourth-order valence-electron chi connectivity index (χ4n) is 2.00. The first-order valence-corrected chi connectivity index (χ1v) is 7.02. The van der Waals surface area contributed by atoms with Gasteiger partial charge in [0, 0.05) is 7.05 Å². The van der Waals surface area contributed by atoms with Crippen molar-refractivity contribution in [2.24, 2.45) is 7.05 Å². The SMILES string of the molecule is CCCCCC(C)OC(=O)c1ncn2c(=O)n(C)nnc12. The van der Waals surface area contributed by atoms with Crippen LogP contribution in [0.2, 0.25) is 0 Å². The van der Waals surface area contributed by atoms with Gasteiger partial charge in [-0.15, -0.1) is 5.10 Å². The first-order valence-electron chi connectivity index (χ1n) is 7.02. The van der Waals surface area contributed by atoms with Crippen LogP contribution in [-0.2, 0) is 11.8 Å². The Morgan fingerprint density at radius 1 is 1.43 bits per heavy atom. The molecular weight excluding hydrogens is 274 g/mol. The average molecular weight is 293 g/mol. The second kappa shape index (κ2) is 6.47. The summed E-state index contributed by atoms with van der Waals surface area (Å²) in [5.41, 5.74) is -0.283. The molecule has 0 N–H and O–H groups in total. The molecular formula is C13H19N5O3. The summed E-state index contributed by atoms with van der Waals surface area (Å²) in [6.45, 7) is 3.96. The minimum absolute atomic E-state index is 0.0162. The van der Waals surface area contributed by atoms with Gasteiger partial charge in [0.2, 0.25) is 0 Å². The smallest absolute Gasteiger partial charge is 0.361 e. The van der Waals surface area contributed by atoms with Crippen molar-refractivity contribution in [2.45, 2.75) is 45.6 Å². The Balaban J connectivity index is 2.13. The maximum atomic E-state index is 12.1. The Bertz CT molecular complexity index is 691. The van der Waals surface area contributed by atoms with E-state index in [-0.39, 0.29) is 17.4 Å². The van der Waals surface area contributed by atoms with Crippen molar-refractivity contribution < 1.29 is 9.53 Å². The van der Waals surface area contributed by atoms with Crippen LogP contribution >= 0.6 is 0 Å². The third-order valence-corrected chi connectivity index (χ3v) is 3.21. The minimum atomic E-state index is -0.580. The van der Waals surface area contributed by atoms with Crippen LogP contribution in [-0.4, -0.2) is 36.5 Å². The molecule has 0 fully saturated rings. The number of unbranched alkanes of at least 4 members (excludes halogenated alkanes) is 2. The van der Waals surface area contributed by atoms with Crippen LogP contribution < -0.4 is 5.69 Å². The molecule has 2 aromatic heterocycles. The van der Waals surface area contributed by atoms with Gasteiger partial charge in [-0.05, 0) is 19.8 Å². The summed E-state index contributed by atoms with van der Waals surface area (Å²) in [7, 11) is 1.47. The Labute approximate surface area is 121 Å². The van der Waals surface area contributed by atoms with E-state index in [4.69, 9.17) is 4.74 Å². The highest BCUT2D eigenvalue weighted by Crippen LogP contribution is 2.10. The number of nitrogens with zero attached hydrogens (tertiary/aromatic N) is 5. The van der Waals surface area contributed by atoms with Gasteiger partial charge >= 0.3 is 11.7 Å². The fraction of sp³-hybridized carbons (Fsp3) is 0.615. The summed E-state index contributed by atoms with van der Waals surface area (Å²) in [4.78, 5) is 27.8. The molecule has 2 aromatic rings. The number of ether oxygens (including phenoxy) is 1. The number of hydrogen-bond donors (Lipinski definition) is 0. The third kappa shape index (κ3) is 3.26. The molecule has 2 rings (SSSR count). The van der Waals surface area contributed by atoms with Crippen LogP contribution in [0.4, 0.5) is 0 Å². The number of carbonyl (C=O) groups is 1. The van der Waals surface area contributed by atoms with E-state index in [1.54, 1.807) is 0 Å². The number of aromatic nitrogens is 5. The Hall–Kier alpha value is -2.25. The van der Waals surface area contributed by atoms with E-state index in [9.17, 15) is 9.59 Å². The molecule has 1 atom stereocenters. The van der Waals surface area contributed by atoms with Crippen LogP contribution in [0.3, 0.4) is 0 Å². The number of fused-ring (bicyclic) bond motifs is 1. The number of carbonyl (C=O) groups excluding carboxylic acids is 1. The molecule has 0 saturated carbocycles. The van der Waals surface area contributed by atoms with Gasteiger partial charge in [-0.2, -0.15) is 4.68 Å². The molecule has 0 aliphatic heterocycles. The maximum Gasteiger partial charge on any atom is 0.361 e. The summed E-state index contributed by atoms with van der Waals surface area (Å²) >= 11 is 0. The standard InChI is InChI=1S/C13H19N5O3/c1-4-5-6-7-9(2)21-12(19)10-11-15-16-17(3)13(20)18(11)8-14-10/h8-9H,4-7H2,1-3H3. The summed E-state index contributed by atoms with van der Waals surface area (Å²) in [6, 6.07) is 0. The average Bonchev–Trinajstić information content (AvgIpc) is 2.88. The van der Waals surface area contributed by atoms with Crippen molar-refractivity contribution in [1.82, 2.24) is 24.4 Å². The molecule has 0 amide bonds. The zero-order valence-electron chi connectivity index (χ0n) is 12.4. The lowest BCUT2D eigenvalue weighted by Crippen LogP contribution is -2.27. The molecule has 0 radical (unpaired) electrons. The largest absolute Gasteiger partial charge is 0.458 e. The van der Waals surface area contributed by atoms with Crippen molar-refractivity contribution in [1.29, 1.82) is 0 Å². The summed E-state index contributed by atoms with van der Waals surface area (Å²) in [5, 5.41) is 7.47. The zero-order chi connectivity index (χ0) is 15.4. The van der Waals surface area contributed by atoms with Gasteiger partial charge in [0.25, 0.3) is 0 Å². The maximum absolute atomic E-state index is 12.1. The fourth-order valence-corrected chi connectivity index (χ4v) is 2.00. The van der Waals surface area contributed by atoms with Crippen molar-refractivity contribution >= 4 is 11.6 Å². The highest BCUT2D eigenvalue weighted by Gasteiger charge is 2.20. The molecule has 0 aliphatic carbocycles. The van der Waals surface area contributed by atoms with Gasteiger partial charge < -0.3 is 4.74 Å². The van der Waals surface area contributed by atoms with E-state index in [0.29, 0.717) is 0 Å². The van der Waals surface area contributed by atoms with Gasteiger partial charge in [-0.25, -0.2) is 19.0 Å². The molecule has 8 nitrogen and oxygen atoms in total. The first kappa shape index (κ1) is 15.1. The van der Waals surface area contributed by atoms with E-state index in [0.717, 1.165) is 30.4 Å². The number of rotatable bonds is 6. The minimum Gasteiger partial charge on any atom is -0.458 e. The van der Waals surface area contributed by atoms with Crippen LogP contribution in [0.15, 0.2) is 11.1 Å². The molecule has 8 heteroatoms. The van der Waals surface area contributed by atoms with E-state index in [2.05, 4.69) is 22.2 Å². The van der Waals surface area contributed by atoms with Crippen LogP contribution in [0.5, 0.6) is 0 Å². The van der Waals surface area contributed by atoms with Gasteiger partial charge in [0.15, 0.2) is 11.3 Å². The number of esters is 1. The predicted molar refractivity (Wildman–Crippen MR) is 75.0 cm³/mol. The lowest BCUT2D eigenvalue weighted by Gasteiger charge is -2.11. The molecule has 0 bridgehead atoms.